The summed E-state index contributed by atoms with van der Waals surface area (Å²) in [6, 6.07) is 16.8. The Morgan fingerprint density at radius 1 is 1.00 bits per heavy atom. The maximum absolute atomic E-state index is 12.5. The highest BCUT2D eigenvalue weighted by molar-refractivity contribution is 9.10. The van der Waals surface area contributed by atoms with E-state index in [1.165, 1.54) is 16.7 Å². The number of rotatable bonds is 3. The van der Waals surface area contributed by atoms with Gasteiger partial charge in [0.15, 0.2) is 0 Å². The molecular weight excluding hydrogens is 350 g/mol. The summed E-state index contributed by atoms with van der Waals surface area (Å²) < 4.78 is 0.992. The van der Waals surface area contributed by atoms with E-state index >= 15 is 0 Å². The minimum atomic E-state index is -0.348. The van der Waals surface area contributed by atoms with Crippen LogP contribution in [0.3, 0.4) is 0 Å². The van der Waals surface area contributed by atoms with E-state index in [2.05, 4.69) is 15.9 Å². The lowest BCUT2D eigenvalue weighted by Crippen LogP contribution is -2.30. The van der Waals surface area contributed by atoms with Crippen molar-refractivity contribution in [2.45, 2.75) is 16.6 Å². The first-order valence-electron chi connectivity index (χ1n) is 6.49. The van der Waals surface area contributed by atoms with Gasteiger partial charge in [-0.05, 0) is 36.4 Å². The second kappa shape index (κ2) is 6.03. The van der Waals surface area contributed by atoms with Crippen molar-refractivity contribution in [1.29, 1.82) is 0 Å². The standard InChI is InChI=1S/C16H12BrNO2S/c17-11-6-8-13(9-7-11)21-14-10-15(19)18(16(14)20)12-4-2-1-3-5-12/h1-9,14H,10H2. The molecule has 2 amide bonds. The van der Waals surface area contributed by atoms with Crippen molar-refractivity contribution in [3.05, 3.63) is 59.1 Å². The molecule has 5 heteroatoms. The van der Waals surface area contributed by atoms with Gasteiger partial charge in [-0.25, -0.2) is 4.90 Å². The molecule has 2 aromatic carbocycles. The van der Waals surface area contributed by atoms with E-state index in [0.29, 0.717) is 5.69 Å². The van der Waals surface area contributed by atoms with Gasteiger partial charge >= 0.3 is 0 Å². The SMILES string of the molecule is O=C1CC(Sc2ccc(Br)cc2)C(=O)N1c1ccccc1. The van der Waals surface area contributed by atoms with Gasteiger partial charge in [-0.1, -0.05) is 34.1 Å². The van der Waals surface area contributed by atoms with Crippen LogP contribution in [0.2, 0.25) is 0 Å². The van der Waals surface area contributed by atoms with Gasteiger partial charge in [-0.3, -0.25) is 9.59 Å². The maximum Gasteiger partial charge on any atom is 0.247 e. The molecule has 0 aliphatic carbocycles. The molecule has 0 radical (unpaired) electrons. The number of para-hydroxylation sites is 1. The van der Waals surface area contributed by atoms with Crippen LogP contribution >= 0.6 is 27.7 Å². The molecule has 1 atom stereocenters. The van der Waals surface area contributed by atoms with Crippen molar-refractivity contribution in [3.8, 4) is 0 Å². The third-order valence-electron chi connectivity index (χ3n) is 3.21. The zero-order valence-corrected chi connectivity index (χ0v) is 13.4. The Hall–Kier alpha value is -1.59. The number of amides is 2. The minimum Gasteiger partial charge on any atom is -0.274 e. The lowest BCUT2D eigenvalue weighted by Gasteiger charge is -2.14. The zero-order chi connectivity index (χ0) is 14.8. The lowest BCUT2D eigenvalue weighted by atomic mass is 10.3. The summed E-state index contributed by atoms with van der Waals surface area (Å²) in [4.78, 5) is 26.9. The second-order valence-electron chi connectivity index (χ2n) is 4.67. The van der Waals surface area contributed by atoms with Gasteiger partial charge in [0.25, 0.3) is 0 Å². The molecule has 0 N–H and O–H groups in total. The van der Waals surface area contributed by atoms with Crippen molar-refractivity contribution in [1.82, 2.24) is 0 Å². The number of halogens is 1. The molecular formula is C16H12BrNO2S. The molecule has 3 nitrogen and oxygen atoms in total. The van der Waals surface area contributed by atoms with Crippen molar-refractivity contribution in [3.63, 3.8) is 0 Å². The molecule has 2 aromatic rings. The summed E-state index contributed by atoms with van der Waals surface area (Å²) in [5.41, 5.74) is 0.645. The minimum absolute atomic E-state index is 0.138. The first-order valence-corrected chi connectivity index (χ1v) is 8.16. The van der Waals surface area contributed by atoms with Crippen LogP contribution in [-0.4, -0.2) is 17.1 Å². The monoisotopic (exact) mass is 361 g/mol. The number of thioether (sulfide) groups is 1. The third kappa shape index (κ3) is 3.04. The Morgan fingerprint density at radius 3 is 2.33 bits per heavy atom. The number of anilines is 1. The van der Waals surface area contributed by atoms with E-state index in [0.717, 1.165) is 9.37 Å². The topological polar surface area (TPSA) is 37.4 Å². The second-order valence-corrected chi connectivity index (χ2v) is 6.86. The molecule has 21 heavy (non-hydrogen) atoms. The fraction of sp³-hybridized carbons (Fsp3) is 0.125. The molecule has 1 aliphatic heterocycles. The number of nitrogens with zero attached hydrogens (tertiary/aromatic N) is 1. The molecule has 3 rings (SSSR count). The fourth-order valence-corrected chi connectivity index (χ4v) is 3.54. The predicted octanol–water partition coefficient (Wildman–Crippen LogP) is 3.87. The Labute approximate surface area is 135 Å². The molecule has 1 aliphatic rings. The molecule has 1 heterocycles. The van der Waals surface area contributed by atoms with E-state index in [9.17, 15) is 9.59 Å². The van der Waals surface area contributed by atoms with E-state index in [1.807, 2.05) is 42.5 Å². The smallest absolute Gasteiger partial charge is 0.247 e. The van der Waals surface area contributed by atoms with Crippen LogP contribution in [-0.2, 0) is 9.59 Å². The summed E-state index contributed by atoms with van der Waals surface area (Å²) in [6.07, 6.45) is 0.245. The average molecular weight is 362 g/mol. The molecule has 1 saturated heterocycles. The lowest BCUT2D eigenvalue weighted by molar-refractivity contribution is -0.121. The van der Waals surface area contributed by atoms with Crippen molar-refractivity contribution in [2.24, 2.45) is 0 Å². The average Bonchev–Trinajstić information content (AvgIpc) is 2.77. The molecule has 1 fully saturated rings. The highest BCUT2D eigenvalue weighted by Gasteiger charge is 2.39. The van der Waals surface area contributed by atoms with E-state index in [1.54, 1.807) is 12.1 Å². The molecule has 0 saturated carbocycles. The first-order chi connectivity index (χ1) is 10.1. The summed E-state index contributed by atoms with van der Waals surface area (Å²) >= 11 is 4.82. The summed E-state index contributed by atoms with van der Waals surface area (Å²) in [5.74, 6) is -0.278. The van der Waals surface area contributed by atoms with Crippen LogP contribution in [0.15, 0.2) is 64.0 Å². The molecule has 1 unspecified atom stereocenters. The number of carbonyl (C=O) groups is 2. The number of hydrogen-bond acceptors (Lipinski definition) is 3. The van der Waals surface area contributed by atoms with Crippen LogP contribution in [0.5, 0.6) is 0 Å². The van der Waals surface area contributed by atoms with Gasteiger partial charge in [0.1, 0.15) is 0 Å². The summed E-state index contributed by atoms with van der Waals surface area (Å²) in [6.45, 7) is 0. The van der Waals surface area contributed by atoms with Gasteiger partial charge < -0.3 is 0 Å². The summed E-state index contributed by atoms with van der Waals surface area (Å²) in [5, 5.41) is -0.348. The largest absolute Gasteiger partial charge is 0.274 e. The number of hydrogen-bond donors (Lipinski definition) is 0. The quantitative estimate of drug-likeness (QED) is 0.778. The van der Waals surface area contributed by atoms with Gasteiger partial charge in [0.2, 0.25) is 11.8 Å². The van der Waals surface area contributed by atoms with E-state index in [4.69, 9.17) is 0 Å². The van der Waals surface area contributed by atoms with Gasteiger partial charge in [-0.15, -0.1) is 11.8 Å². The molecule has 0 aromatic heterocycles. The maximum atomic E-state index is 12.5. The third-order valence-corrected chi connectivity index (χ3v) is 4.94. The van der Waals surface area contributed by atoms with E-state index < -0.39 is 0 Å². The first kappa shape index (κ1) is 14.4. The normalized spacial score (nSPS) is 18.3. The van der Waals surface area contributed by atoms with Crippen molar-refractivity contribution < 1.29 is 9.59 Å². The van der Waals surface area contributed by atoms with Crippen LogP contribution in [0.25, 0.3) is 0 Å². The molecule has 106 valence electrons. The zero-order valence-electron chi connectivity index (χ0n) is 11.0. The van der Waals surface area contributed by atoms with Crippen LogP contribution in [0.1, 0.15) is 6.42 Å². The van der Waals surface area contributed by atoms with Gasteiger partial charge in [-0.2, -0.15) is 0 Å². The van der Waals surface area contributed by atoms with Gasteiger partial charge in [0.05, 0.1) is 10.9 Å². The highest BCUT2D eigenvalue weighted by Crippen LogP contribution is 2.34. The Balaban J connectivity index is 1.79. The van der Waals surface area contributed by atoms with Gasteiger partial charge in [0, 0.05) is 15.8 Å². The Kier molecular flexibility index (Phi) is 4.12. The molecule has 0 bridgehead atoms. The number of imide groups is 1. The summed E-state index contributed by atoms with van der Waals surface area (Å²) in [7, 11) is 0. The number of benzene rings is 2. The number of carbonyl (C=O) groups excluding carboxylic acids is 2. The van der Waals surface area contributed by atoms with Crippen molar-refractivity contribution >= 4 is 45.2 Å². The predicted molar refractivity (Wildman–Crippen MR) is 87.3 cm³/mol. The Bertz CT molecular complexity index is 672. The van der Waals surface area contributed by atoms with Crippen LogP contribution in [0, 0.1) is 0 Å². The van der Waals surface area contributed by atoms with Crippen LogP contribution in [0.4, 0.5) is 5.69 Å². The highest BCUT2D eigenvalue weighted by atomic mass is 79.9. The molecule has 0 spiro atoms. The fourth-order valence-electron chi connectivity index (χ4n) is 2.22. The van der Waals surface area contributed by atoms with E-state index in [-0.39, 0.29) is 23.5 Å². The van der Waals surface area contributed by atoms with Crippen molar-refractivity contribution in [2.75, 3.05) is 4.90 Å². The Morgan fingerprint density at radius 2 is 1.67 bits per heavy atom. The van der Waals surface area contributed by atoms with Crippen LogP contribution < -0.4 is 4.90 Å².